The van der Waals surface area contributed by atoms with Crippen molar-refractivity contribution in [2.24, 2.45) is 0 Å². The molecule has 0 aromatic carbocycles. The second kappa shape index (κ2) is 6.14. The molecular weight excluding hydrogens is 174 g/mol. The summed E-state index contributed by atoms with van der Waals surface area (Å²) in [5.41, 5.74) is 0. The molecule has 2 heterocycles. The molecule has 1 saturated heterocycles. The maximum atomic E-state index is 10.4. The number of hydrogen-bond donors (Lipinski definition) is 1. The van der Waals surface area contributed by atoms with E-state index in [2.05, 4.69) is 0 Å². The van der Waals surface area contributed by atoms with Crippen molar-refractivity contribution < 1.29 is 9.80 Å². The van der Waals surface area contributed by atoms with Crippen LogP contribution in [0.5, 0.6) is 0 Å². The molecule has 1 fully saturated rings. The first-order chi connectivity index (χ1) is 5.89. The van der Waals surface area contributed by atoms with Gasteiger partial charge in [0.2, 0.25) is 0 Å². The van der Waals surface area contributed by atoms with Crippen molar-refractivity contribution in [3.05, 3.63) is 28.1 Å². The van der Waals surface area contributed by atoms with Crippen molar-refractivity contribution in [3.63, 3.8) is 0 Å². The fourth-order valence-electron chi connectivity index (χ4n) is 0.826. The van der Waals surface area contributed by atoms with Crippen LogP contribution >= 0.6 is 11.3 Å². The molecule has 0 radical (unpaired) electrons. The molecule has 3 nitrogen and oxygen atoms in total. The molecule has 0 bridgehead atoms. The number of hydrogen-bond acceptors (Lipinski definition) is 3. The van der Waals surface area contributed by atoms with E-state index in [1.165, 1.54) is 0 Å². The van der Waals surface area contributed by atoms with Gasteiger partial charge in [-0.3, -0.25) is 0 Å². The Bertz CT molecular complexity index is 156. The SMILES string of the molecule is [O-][NH+]1CCOCC1.c1ccsc1. The van der Waals surface area contributed by atoms with Crippen LogP contribution in [0.4, 0.5) is 0 Å². The summed E-state index contributed by atoms with van der Waals surface area (Å²) in [6, 6.07) is 4.04. The van der Waals surface area contributed by atoms with Crippen LogP contribution in [-0.2, 0) is 4.74 Å². The smallest absolute Gasteiger partial charge is 0.101 e. The van der Waals surface area contributed by atoms with Gasteiger partial charge >= 0.3 is 0 Å². The van der Waals surface area contributed by atoms with Gasteiger partial charge in [-0.15, -0.1) is 0 Å². The van der Waals surface area contributed by atoms with Crippen LogP contribution in [0.1, 0.15) is 0 Å². The molecule has 12 heavy (non-hydrogen) atoms. The van der Waals surface area contributed by atoms with Gasteiger partial charge < -0.3 is 15.0 Å². The van der Waals surface area contributed by atoms with Crippen LogP contribution < -0.4 is 5.06 Å². The molecular formula is C8H13NO2S. The molecule has 1 aromatic rings. The first-order valence-electron chi connectivity index (χ1n) is 3.96. The van der Waals surface area contributed by atoms with E-state index in [4.69, 9.17) is 4.74 Å². The van der Waals surface area contributed by atoms with Gasteiger partial charge in [-0.1, -0.05) is 12.1 Å². The fourth-order valence-corrected chi connectivity index (χ4v) is 1.28. The van der Waals surface area contributed by atoms with Gasteiger partial charge in [0, 0.05) is 0 Å². The molecule has 68 valence electrons. The highest BCUT2D eigenvalue weighted by Gasteiger charge is 2.02. The Morgan fingerprint density at radius 3 is 2.00 bits per heavy atom. The minimum absolute atomic E-state index is 0.339. The summed E-state index contributed by atoms with van der Waals surface area (Å²) in [4.78, 5) is 0. The van der Waals surface area contributed by atoms with Gasteiger partial charge in [0.25, 0.3) is 0 Å². The number of thiophene rings is 1. The topological polar surface area (TPSA) is 36.7 Å². The molecule has 1 N–H and O–H groups in total. The lowest BCUT2D eigenvalue weighted by atomic mass is 10.5. The molecule has 0 unspecified atom stereocenters. The summed E-state index contributed by atoms with van der Waals surface area (Å²) in [6.45, 7) is 2.53. The predicted octanol–water partition coefficient (Wildman–Crippen LogP) is 0.147. The van der Waals surface area contributed by atoms with E-state index >= 15 is 0 Å². The quantitative estimate of drug-likeness (QED) is 0.587. The third kappa shape index (κ3) is 4.46. The second-order valence-corrected chi connectivity index (χ2v) is 3.26. The number of quaternary nitrogens is 1. The van der Waals surface area contributed by atoms with E-state index in [9.17, 15) is 5.21 Å². The average molecular weight is 187 g/mol. The predicted molar refractivity (Wildman–Crippen MR) is 49.2 cm³/mol. The molecule has 0 saturated carbocycles. The van der Waals surface area contributed by atoms with E-state index in [0.29, 0.717) is 31.4 Å². The van der Waals surface area contributed by atoms with Gasteiger partial charge in [0.05, 0.1) is 13.2 Å². The highest BCUT2D eigenvalue weighted by Crippen LogP contribution is 1.91. The Balaban J connectivity index is 0.000000127. The van der Waals surface area contributed by atoms with Crippen molar-refractivity contribution in [1.82, 2.24) is 0 Å². The van der Waals surface area contributed by atoms with Gasteiger partial charge in [0.1, 0.15) is 13.1 Å². The molecule has 4 heteroatoms. The number of hydroxylamine groups is 2. The maximum Gasteiger partial charge on any atom is 0.101 e. The zero-order valence-electron chi connectivity index (χ0n) is 6.86. The average Bonchev–Trinajstić information content (AvgIpc) is 2.62. The standard InChI is InChI=1S/C4H9NO2.C4H4S/c6-5-1-3-7-4-2-5;1-2-4-5-3-1/h5H,1-4H2;1-4H. The summed E-state index contributed by atoms with van der Waals surface area (Å²) in [5, 5.41) is 14.8. The largest absolute Gasteiger partial charge is 0.634 e. The van der Waals surface area contributed by atoms with E-state index in [1.807, 2.05) is 22.9 Å². The zero-order chi connectivity index (χ0) is 8.65. The van der Waals surface area contributed by atoms with Crippen molar-refractivity contribution >= 4 is 11.3 Å². The number of ether oxygens (including phenoxy) is 1. The Morgan fingerprint density at radius 2 is 1.75 bits per heavy atom. The fraction of sp³-hybridized carbons (Fsp3) is 0.500. The first-order valence-corrected chi connectivity index (χ1v) is 4.90. The molecule has 0 spiro atoms. The molecule has 0 amide bonds. The second-order valence-electron chi connectivity index (χ2n) is 2.44. The first kappa shape index (κ1) is 9.67. The van der Waals surface area contributed by atoms with Crippen molar-refractivity contribution in [1.29, 1.82) is 0 Å². The molecule has 0 atom stereocenters. The lowest BCUT2D eigenvalue weighted by Crippen LogP contribution is -3.09. The molecule has 1 aliphatic rings. The summed E-state index contributed by atoms with van der Waals surface area (Å²) in [5.74, 6) is 0. The monoisotopic (exact) mass is 187 g/mol. The lowest BCUT2D eigenvalue weighted by molar-refractivity contribution is -0.857. The molecule has 1 aromatic heterocycles. The summed E-state index contributed by atoms with van der Waals surface area (Å²) < 4.78 is 4.92. The highest BCUT2D eigenvalue weighted by molar-refractivity contribution is 7.07. The molecule has 2 rings (SSSR count). The third-order valence-corrected chi connectivity index (χ3v) is 2.10. The summed E-state index contributed by atoms with van der Waals surface area (Å²) >= 11 is 1.71. The number of morpholine rings is 1. The van der Waals surface area contributed by atoms with Crippen LogP contribution in [-0.4, -0.2) is 26.3 Å². The summed E-state index contributed by atoms with van der Waals surface area (Å²) in [6.07, 6.45) is 0. The Hall–Kier alpha value is -0.420. The van der Waals surface area contributed by atoms with Crippen LogP contribution in [0.25, 0.3) is 0 Å². The van der Waals surface area contributed by atoms with E-state index in [0.717, 1.165) is 0 Å². The van der Waals surface area contributed by atoms with Gasteiger partial charge in [-0.25, -0.2) is 0 Å². The Kier molecular flexibility index (Phi) is 4.94. The lowest BCUT2D eigenvalue weighted by Gasteiger charge is -2.25. The summed E-state index contributed by atoms with van der Waals surface area (Å²) in [7, 11) is 0. The molecule has 1 aliphatic heterocycles. The van der Waals surface area contributed by atoms with Gasteiger partial charge in [-0.05, 0) is 10.8 Å². The van der Waals surface area contributed by atoms with Crippen LogP contribution in [0, 0.1) is 5.21 Å². The van der Waals surface area contributed by atoms with Gasteiger partial charge in [0.15, 0.2) is 0 Å². The Labute approximate surface area is 76.2 Å². The van der Waals surface area contributed by atoms with E-state index in [-0.39, 0.29) is 0 Å². The highest BCUT2D eigenvalue weighted by atomic mass is 32.1. The minimum atomic E-state index is 0.339. The van der Waals surface area contributed by atoms with Crippen LogP contribution in [0.3, 0.4) is 0 Å². The van der Waals surface area contributed by atoms with Crippen molar-refractivity contribution in [2.75, 3.05) is 26.3 Å². The van der Waals surface area contributed by atoms with E-state index < -0.39 is 0 Å². The van der Waals surface area contributed by atoms with Crippen LogP contribution in [0.15, 0.2) is 22.9 Å². The number of nitrogens with one attached hydrogen (secondary N) is 1. The van der Waals surface area contributed by atoms with Crippen molar-refractivity contribution in [2.45, 2.75) is 0 Å². The zero-order valence-corrected chi connectivity index (χ0v) is 7.68. The maximum absolute atomic E-state index is 10.4. The minimum Gasteiger partial charge on any atom is -0.634 e. The van der Waals surface area contributed by atoms with Crippen molar-refractivity contribution in [3.8, 4) is 0 Å². The Morgan fingerprint density at radius 1 is 1.17 bits per heavy atom. The normalized spacial score (nSPS) is 18.1. The number of rotatable bonds is 0. The van der Waals surface area contributed by atoms with E-state index in [1.54, 1.807) is 11.3 Å². The molecule has 0 aliphatic carbocycles. The van der Waals surface area contributed by atoms with Crippen LogP contribution in [0.2, 0.25) is 0 Å². The third-order valence-electron chi connectivity index (χ3n) is 1.48. The van der Waals surface area contributed by atoms with Gasteiger partial charge in [-0.2, -0.15) is 11.3 Å².